The van der Waals surface area contributed by atoms with Gasteiger partial charge in [0, 0.05) is 0 Å². The van der Waals surface area contributed by atoms with Gasteiger partial charge in [-0.3, -0.25) is 0 Å². The third-order valence-corrected chi connectivity index (χ3v) is 3.77. The molecule has 5 nitrogen and oxygen atoms in total. The normalized spacial score (nSPS) is 12.3. The maximum atomic E-state index is 12.1. The van der Waals surface area contributed by atoms with Crippen LogP contribution in [0, 0.1) is 22.7 Å². The van der Waals surface area contributed by atoms with Crippen molar-refractivity contribution in [1.82, 2.24) is 10.6 Å². The van der Waals surface area contributed by atoms with Gasteiger partial charge in [-0.2, -0.15) is 10.5 Å². The monoisotopic (exact) mass is 318 g/mol. The zero-order valence-electron chi connectivity index (χ0n) is 13.6. The molecule has 0 aliphatic carbocycles. The minimum absolute atomic E-state index is 0.175. The minimum Gasteiger partial charge on any atom is -0.332 e. The van der Waals surface area contributed by atoms with Crippen molar-refractivity contribution < 1.29 is 4.79 Å². The Kier molecular flexibility index (Phi) is 5.54. The molecule has 24 heavy (non-hydrogen) atoms. The summed E-state index contributed by atoms with van der Waals surface area (Å²) in [7, 11) is 0. The molecule has 2 aromatic rings. The van der Waals surface area contributed by atoms with E-state index in [0.717, 1.165) is 11.1 Å². The molecule has 0 aliphatic rings. The van der Waals surface area contributed by atoms with Crippen LogP contribution in [0.4, 0.5) is 4.79 Å². The Bertz CT molecular complexity index is 715. The average molecular weight is 318 g/mol. The van der Waals surface area contributed by atoms with Gasteiger partial charge in [0.2, 0.25) is 0 Å². The molecule has 0 fully saturated rings. The van der Waals surface area contributed by atoms with Crippen molar-refractivity contribution in [2.45, 2.75) is 25.9 Å². The quantitative estimate of drug-likeness (QED) is 0.903. The van der Waals surface area contributed by atoms with E-state index >= 15 is 0 Å². The second-order valence-electron chi connectivity index (χ2n) is 5.53. The first-order valence-corrected chi connectivity index (χ1v) is 7.60. The summed E-state index contributed by atoms with van der Waals surface area (Å²) in [6.07, 6.45) is 0. The Morgan fingerprint density at radius 1 is 0.792 bits per heavy atom. The number of carbonyl (C=O) groups is 1. The molecule has 2 amide bonds. The van der Waals surface area contributed by atoms with Crippen molar-refractivity contribution in [3.8, 4) is 12.1 Å². The predicted octanol–water partition coefficient (Wildman–Crippen LogP) is 3.55. The number of amides is 2. The van der Waals surface area contributed by atoms with Gasteiger partial charge in [0.05, 0.1) is 35.3 Å². The van der Waals surface area contributed by atoms with Gasteiger partial charge in [-0.05, 0) is 49.2 Å². The Morgan fingerprint density at radius 3 is 1.42 bits per heavy atom. The first-order chi connectivity index (χ1) is 11.5. The molecule has 0 saturated heterocycles. The summed E-state index contributed by atoms with van der Waals surface area (Å²) in [5.74, 6) is 0. The van der Waals surface area contributed by atoms with Crippen LogP contribution in [0.15, 0.2) is 48.5 Å². The van der Waals surface area contributed by atoms with E-state index in [-0.39, 0.29) is 18.1 Å². The fourth-order valence-corrected chi connectivity index (χ4v) is 2.29. The SMILES string of the molecule is C[C@H](NC(=O)N[C@H](C)c1ccc(C#N)cc1)c1ccc(C#N)cc1. The highest BCUT2D eigenvalue weighted by Crippen LogP contribution is 2.15. The number of rotatable bonds is 4. The number of benzene rings is 2. The molecule has 2 rings (SSSR count). The molecule has 0 bridgehead atoms. The van der Waals surface area contributed by atoms with E-state index < -0.39 is 0 Å². The number of nitrogens with one attached hydrogen (secondary N) is 2. The number of hydrogen-bond donors (Lipinski definition) is 2. The number of carbonyl (C=O) groups excluding carboxylic acids is 1. The maximum Gasteiger partial charge on any atom is 0.315 e. The Morgan fingerprint density at radius 2 is 1.12 bits per heavy atom. The molecule has 120 valence electrons. The standard InChI is InChI=1S/C19H18N4O/c1-13(17-7-3-15(11-20)4-8-17)22-19(24)23-14(2)18-9-5-16(12-21)6-10-18/h3-10,13-14H,1-2H3,(H2,22,23,24)/t13-,14+. The lowest BCUT2D eigenvalue weighted by molar-refractivity contribution is 0.235. The minimum atomic E-state index is -0.274. The highest BCUT2D eigenvalue weighted by Gasteiger charge is 2.13. The molecular formula is C19H18N4O. The molecule has 2 N–H and O–H groups in total. The van der Waals surface area contributed by atoms with Crippen molar-refractivity contribution in [1.29, 1.82) is 10.5 Å². The highest BCUT2D eigenvalue weighted by molar-refractivity contribution is 5.75. The van der Waals surface area contributed by atoms with Gasteiger partial charge in [0.1, 0.15) is 0 Å². The van der Waals surface area contributed by atoms with Crippen molar-refractivity contribution in [3.05, 3.63) is 70.8 Å². The van der Waals surface area contributed by atoms with Crippen LogP contribution in [-0.2, 0) is 0 Å². The topological polar surface area (TPSA) is 88.7 Å². The molecule has 0 aromatic heterocycles. The van der Waals surface area contributed by atoms with E-state index in [4.69, 9.17) is 10.5 Å². The van der Waals surface area contributed by atoms with Crippen LogP contribution < -0.4 is 10.6 Å². The summed E-state index contributed by atoms with van der Waals surface area (Å²) >= 11 is 0. The van der Waals surface area contributed by atoms with Gasteiger partial charge in [-0.25, -0.2) is 4.79 Å². The van der Waals surface area contributed by atoms with E-state index in [1.165, 1.54) is 0 Å². The Balaban J connectivity index is 1.93. The molecular weight excluding hydrogens is 300 g/mol. The van der Waals surface area contributed by atoms with Gasteiger partial charge < -0.3 is 10.6 Å². The number of hydrogen-bond acceptors (Lipinski definition) is 3. The van der Waals surface area contributed by atoms with Crippen LogP contribution in [0.1, 0.15) is 48.2 Å². The van der Waals surface area contributed by atoms with Crippen molar-refractivity contribution >= 4 is 6.03 Å². The van der Waals surface area contributed by atoms with Gasteiger partial charge in [-0.15, -0.1) is 0 Å². The third-order valence-electron chi connectivity index (χ3n) is 3.77. The lowest BCUT2D eigenvalue weighted by atomic mass is 10.1. The maximum absolute atomic E-state index is 12.1. The first kappa shape index (κ1) is 17.1. The van der Waals surface area contributed by atoms with E-state index in [0.29, 0.717) is 11.1 Å². The molecule has 0 heterocycles. The van der Waals surface area contributed by atoms with Gasteiger partial charge in [0.15, 0.2) is 0 Å². The fourth-order valence-electron chi connectivity index (χ4n) is 2.29. The molecule has 5 heteroatoms. The number of urea groups is 1. The lowest BCUT2D eigenvalue weighted by Gasteiger charge is -2.19. The smallest absolute Gasteiger partial charge is 0.315 e. The Hall–Kier alpha value is -3.31. The Labute approximate surface area is 141 Å². The lowest BCUT2D eigenvalue weighted by Crippen LogP contribution is -2.38. The zero-order chi connectivity index (χ0) is 17.5. The van der Waals surface area contributed by atoms with Crippen LogP contribution in [-0.4, -0.2) is 6.03 Å². The van der Waals surface area contributed by atoms with E-state index in [9.17, 15) is 4.79 Å². The molecule has 0 aliphatic heterocycles. The zero-order valence-corrected chi connectivity index (χ0v) is 13.6. The van der Waals surface area contributed by atoms with E-state index in [2.05, 4.69) is 22.8 Å². The average Bonchev–Trinajstić information content (AvgIpc) is 2.61. The second-order valence-corrected chi connectivity index (χ2v) is 5.53. The predicted molar refractivity (Wildman–Crippen MR) is 90.8 cm³/mol. The molecule has 0 saturated carbocycles. The second kappa shape index (κ2) is 7.80. The van der Waals surface area contributed by atoms with Gasteiger partial charge in [-0.1, -0.05) is 24.3 Å². The summed E-state index contributed by atoms with van der Waals surface area (Å²) in [6, 6.07) is 17.7. The van der Waals surface area contributed by atoms with Crippen LogP contribution in [0.25, 0.3) is 0 Å². The van der Waals surface area contributed by atoms with Crippen molar-refractivity contribution in [2.24, 2.45) is 0 Å². The van der Waals surface area contributed by atoms with E-state index in [1.807, 2.05) is 38.1 Å². The van der Waals surface area contributed by atoms with Crippen LogP contribution in [0.5, 0.6) is 0 Å². The molecule has 2 aromatic carbocycles. The molecule has 0 spiro atoms. The summed E-state index contributed by atoms with van der Waals surface area (Å²) in [5.41, 5.74) is 3.03. The molecule has 0 radical (unpaired) electrons. The summed E-state index contributed by atoms with van der Waals surface area (Å²) < 4.78 is 0. The van der Waals surface area contributed by atoms with Gasteiger partial charge >= 0.3 is 6.03 Å². The molecule has 2 atom stereocenters. The van der Waals surface area contributed by atoms with Gasteiger partial charge in [0.25, 0.3) is 0 Å². The summed E-state index contributed by atoms with van der Waals surface area (Å²) in [6.45, 7) is 3.76. The van der Waals surface area contributed by atoms with Crippen LogP contribution in [0.3, 0.4) is 0 Å². The number of nitriles is 2. The summed E-state index contributed by atoms with van der Waals surface area (Å²) in [5, 5.41) is 23.4. The fraction of sp³-hybridized carbons (Fsp3) is 0.211. The molecule has 0 unspecified atom stereocenters. The van der Waals surface area contributed by atoms with Crippen molar-refractivity contribution in [3.63, 3.8) is 0 Å². The summed E-state index contributed by atoms with van der Waals surface area (Å²) in [4.78, 5) is 12.1. The van der Waals surface area contributed by atoms with Crippen LogP contribution in [0.2, 0.25) is 0 Å². The van der Waals surface area contributed by atoms with Crippen molar-refractivity contribution in [2.75, 3.05) is 0 Å². The van der Waals surface area contributed by atoms with E-state index in [1.54, 1.807) is 24.3 Å². The first-order valence-electron chi connectivity index (χ1n) is 7.60. The largest absolute Gasteiger partial charge is 0.332 e. The third kappa shape index (κ3) is 4.34. The van der Waals surface area contributed by atoms with Crippen LogP contribution >= 0.6 is 0 Å². The number of nitrogens with zero attached hydrogens (tertiary/aromatic N) is 2. The highest BCUT2D eigenvalue weighted by atomic mass is 16.2.